The highest BCUT2D eigenvalue weighted by Gasteiger charge is 2.20. The van der Waals surface area contributed by atoms with Crippen molar-refractivity contribution in [2.45, 2.75) is 469 Å². The Hall–Kier alpha value is -1.40. The van der Waals surface area contributed by atoms with E-state index in [1.807, 2.05) is 0 Å². The summed E-state index contributed by atoms with van der Waals surface area (Å²) in [6, 6.07) is -0.539. The van der Waals surface area contributed by atoms with Crippen LogP contribution in [0.25, 0.3) is 0 Å². The molecule has 0 aromatic carbocycles. The number of carbonyl (C=O) groups excluding carboxylic acids is 2. The Morgan fingerprint density at radius 1 is 0.318 bits per heavy atom. The Balaban J connectivity index is 3.32. The SMILES string of the molecule is CCCCCCCC/C=C\CCCCCCCCCCCC(=O)OCCCCCCCCCCCCCCCCCCCCCCCCCCCCCCCCC(=O)NC(CO)C(O)CCCCCCCCCCCCCCCCCCCCC. The smallest absolute Gasteiger partial charge is 0.305 e. The molecule has 2 atom stereocenters. The van der Waals surface area contributed by atoms with E-state index in [9.17, 15) is 19.8 Å². The van der Waals surface area contributed by atoms with Gasteiger partial charge < -0.3 is 20.3 Å². The van der Waals surface area contributed by atoms with Gasteiger partial charge in [0.25, 0.3) is 0 Å². The summed E-state index contributed by atoms with van der Waals surface area (Å²) in [6.07, 6.45) is 94.4. The van der Waals surface area contributed by atoms with Gasteiger partial charge in [-0.15, -0.1) is 0 Å². The second-order valence-electron chi connectivity index (χ2n) is 27.4. The Morgan fingerprint density at radius 3 is 0.835 bits per heavy atom. The van der Waals surface area contributed by atoms with Crippen LogP contribution in [-0.2, 0) is 14.3 Å². The molecule has 0 aromatic rings. The Morgan fingerprint density at radius 2 is 0.553 bits per heavy atom. The molecule has 85 heavy (non-hydrogen) atoms. The van der Waals surface area contributed by atoms with Crippen LogP contribution in [0.1, 0.15) is 457 Å². The first kappa shape index (κ1) is 83.6. The number of rotatable bonds is 75. The number of ether oxygens (including phenoxy) is 1. The number of aliphatic hydroxyl groups excluding tert-OH is 2. The predicted octanol–water partition coefficient (Wildman–Crippen LogP) is 25.9. The topological polar surface area (TPSA) is 95.9 Å². The summed E-state index contributed by atoms with van der Waals surface area (Å²) in [5.74, 6) is -0.00482. The maximum Gasteiger partial charge on any atom is 0.305 e. The van der Waals surface area contributed by atoms with E-state index >= 15 is 0 Å². The van der Waals surface area contributed by atoms with Gasteiger partial charge in [0.2, 0.25) is 5.91 Å². The molecule has 6 heteroatoms. The quantitative estimate of drug-likeness (QED) is 0.0320. The van der Waals surface area contributed by atoms with Crippen LogP contribution in [0.4, 0.5) is 0 Å². The fraction of sp³-hybridized carbons (Fsp3) is 0.949. The minimum atomic E-state index is -0.662. The third kappa shape index (κ3) is 71.6. The third-order valence-corrected chi connectivity index (χ3v) is 18.8. The fourth-order valence-corrected chi connectivity index (χ4v) is 12.8. The molecule has 0 fully saturated rings. The number of aliphatic hydroxyl groups is 2. The largest absolute Gasteiger partial charge is 0.466 e. The molecule has 1 amide bonds. The monoisotopic (exact) mass is 1200 g/mol. The van der Waals surface area contributed by atoms with Crippen molar-refractivity contribution in [2.75, 3.05) is 13.2 Å². The average Bonchev–Trinajstić information content (AvgIpc) is 3.51. The van der Waals surface area contributed by atoms with Gasteiger partial charge >= 0.3 is 5.97 Å². The number of allylic oxidation sites excluding steroid dienone is 2. The second-order valence-corrected chi connectivity index (χ2v) is 27.4. The normalized spacial score (nSPS) is 12.5. The van der Waals surface area contributed by atoms with Crippen LogP contribution < -0.4 is 5.32 Å². The molecule has 0 aliphatic carbocycles. The highest BCUT2D eigenvalue weighted by atomic mass is 16.5. The maximum absolute atomic E-state index is 12.6. The first-order chi connectivity index (χ1) is 42.0. The zero-order valence-electron chi connectivity index (χ0n) is 58.1. The van der Waals surface area contributed by atoms with Gasteiger partial charge in [-0.1, -0.05) is 405 Å². The number of hydrogen-bond donors (Lipinski definition) is 3. The number of carbonyl (C=O) groups is 2. The van der Waals surface area contributed by atoms with E-state index in [4.69, 9.17) is 4.74 Å². The van der Waals surface area contributed by atoms with Crippen LogP contribution in [0.15, 0.2) is 12.2 Å². The summed E-state index contributed by atoms with van der Waals surface area (Å²) >= 11 is 0. The van der Waals surface area contributed by atoms with Crippen LogP contribution in [0.5, 0.6) is 0 Å². The van der Waals surface area contributed by atoms with Gasteiger partial charge in [-0.2, -0.15) is 0 Å². The lowest BCUT2D eigenvalue weighted by molar-refractivity contribution is -0.143. The number of amides is 1. The highest BCUT2D eigenvalue weighted by molar-refractivity contribution is 5.76. The van der Waals surface area contributed by atoms with Gasteiger partial charge in [0, 0.05) is 12.8 Å². The molecule has 0 saturated heterocycles. The van der Waals surface area contributed by atoms with Crippen molar-refractivity contribution in [3.8, 4) is 0 Å². The summed E-state index contributed by atoms with van der Waals surface area (Å²) < 4.78 is 5.52. The molecule has 506 valence electrons. The zero-order chi connectivity index (χ0) is 61.3. The van der Waals surface area contributed by atoms with Crippen molar-refractivity contribution in [1.29, 1.82) is 0 Å². The minimum Gasteiger partial charge on any atom is -0.466 e. The molecule has 2 unspecified atom stereocenters. The van der Waals surface area contributed by atoms with Gasteiger partial charge in [0.05, 0.1) is 25.4 Å². The molecule has 0 aliphatic heterocycles. The van der Waals surface area contributed by atoms with Gasteiger partial charge in [-0.25, -0.2) is 0 Å². The molecule has 3 N–H and O–H groups in total. The standard InChI is InChI=1S/C79H155NO5/c1-3-5-7-9-11-13-15-17-19-21-35-39-43-47-51-55-59-63-67-71-77(82)76(75-81)80-78(83)72-68-64-60-56-52-48-44-40-37-33-31-29-27-25-23-24-26-28-30-32-34-38-42-46-50-54-58-62-66-70-74-85-79(84)73-69-65-61-57-53-49-45-41-36-22-20-18-16-14-12-10-8-6-4-2/h18,20,76-77,81-82H,3-17,19,21-75H2,1-2H3,(H,80,83)/b20-18-. The fourth-order valence-electron chi connectivity index (χ4n) is 12.8. The second kappa shape index (κ2) is 75.1. The van der Waals surface area contributed by atoms with Crippen molar-refractivity contribution in [3.05, 3.63) is 12.2 Å². The summed E-state index contributed by atoms with van der Waals surface area (Å²) in [4.78, 5) is 24.7. The van der Waals surface area contributed by atoms with Crippen molar-refractivity contribution in [1.82, 2.24) is 5.32 Å². The Bertz CT molecular complexity index is 1290. The van der Waals surface area contributed by atoms with Gasteiger partial charge in [-0.05, 0) is 51.4 Å². The lowest BCUT2D eigenvalue weighted by atomic mass is 10.0. The third-order valence-electron chi connectivity index (χ3n) is 18.8. The lowest BCUT2D eigenvalue weighted by Gasteiger charge is -2.22. The zero-order valence-corrected chi connectivity index (χ0v) is 58.1. The Labute approximate surface area is 533 Å². The lowest BCUT2D eigenvalue weighted by Crippen LogP contribution is -2.45. The molecule has 0 saturated carbocycles. The van der Waals surface area contributed by atoms with Crippen LogP contribution in [0.2, 0.25) is 0 Å². The number of unbranched alkanes of at least 4 members (excludes halogenated alkanes) is 62. The first-order valence-corrected chi connectivity index (χ1v) is 39.4. The molecule has 0 spiro atoms. The molecule has 0 aromatic heterocycles. The summed E-state index contributed by atoms with van der Waals surface area (Å²) in [5, 5.41) is 23.4. The van der Waals surface area contributed by atoms with Gasteiger partial charge in [0.15, 0.2) is 0 Å². The van der Waals surface area contributed by atoms with E-state index in [0.29, 0.717) is 25.9 Å². The average molecular weight is 1200 g/mol. The van der Waals surface area contributed by atoms with Crippen LogP contribution in [0.3, 0.4) is 0 Å². The highest BCUT2D eigenvalue weighted by Crippen LogP contribution is 2.20. The number of esters is 1. The maximum atomic E-state index is 12.6. The number of hydrogen-bond acceptors (Lipinski definition) is 5. The van der Waals surface area contributed by atoms with Crippen LogP contribution in [-0.4, -0.2) is 47.4 Å². The van der Waals surface area contributed by atoms with E-state index in [1.54, 1.807) is 0 Å². The van der Waals surface area contributed by atoms with Gasteiger partial charge in [0.1, 0.15) is 0 Å². The van der Waals surface area contributed by atoms with E-state index in [1.165, 1.54) is 385 Å². The molecule has 6 nitrogen and oxygen atoms in total. The van der Waals surface area contributed by atoms with Crippen LogP contribution in [0, 0.1) is 0 Å². The minimum absolute atomic E-state index is 0.0210. The molecule has 0 heterocycles. The van der Waals surface area contributed by atoms with E-state index in [-0.39, 0.29) is 18.5 Å². The Kier molecular flexibility index (Phi) is 73.8. The van der Waals surface area contributed by atoms with Crippen LogP contribution >= 0.6 is 0 Å². The summed E-state index contributed by atoms with van der Waals surface area (Å²) in [6.45, 7) is 5.01. The van der Waals surface area contributed by atoms with Crippen molar-refractivity contribution >= 4 is 11.9 Å². The van der Waals surface area contributed by atoms with Gasteiger partial charge in [-0.3, -0.25) is 9.59 Å². The predicted molar refractivity (Wildman–Crippen MR) is 375 cm³/mol. The molecule has 0 aliphatic rings. The van der Waals surface area contributed by atoms with Crippen molar-refractivity contribution in [3.63, 3.8) is 0 Å². The van der Waals surface area contributed by atoms with E-state index < -0.39 is 12.1 Å². The molecule has 0 radical (unpaired) electrons. The first-order valence-electron chi connectivity index (χ1n) is 39.4. The van der Waals surface area contributed by atoms with Crippen molar-refractivity contribution < 1.29 is 24.5 Å². The molecular formula is C79H155NO5. The molecule has 0 rings (SSSR count). The number of nitrogens with one attached hydrogen (secondary N) is 1. The summed E-state index contributed by atoms with van der Waals surface area (Å²) in [5.41, 5.74) is 0. The molecular weight excluding hydrogens is 1040 g/mol. The molecule has 0 bridgehead atoms. The van der Waals surface area contributed by atoms with E-state index in [0.717, 1.165) is 38.5 Å². The van der Waals surface area contributed by atoms with E-state index in [2.05, 4.69) is 31.3 Å². The van der Waals surface area contributed by atoms with Crippen molar-refractivity contribution in [2.24, 2.45) is 0 Å². The summed E-state index contributed by atoms with van der Waals surface area (Å²) in [7, 11) is 0.